The minimum atomic E-state index is -1.06. The second-order valence-corrected chi connectivity index (χ2v) is 3.63. The molecule has 1 rings (SSSR count). The molecule has 0 saturated heterocycles. The van der Waals surface area contributed by atoms with E-state index in [9.17, 15) is 4.79 Å². The van der Waals surface area contributed by atoms with Gasteiger partial charge in [0.05, 0.1) is 12.3 Å². The molecule has 0 aliphatic carbocycles. The summed E-state index contributed by atoms with van der Waals surface area (Å²) in [6.07, 6.45) is 1.23. The Morgan fingerprint density at radius 1 is 1.44 bits per heavy atom. The maximum Gasteiger partial charge on any atom is 0.356 e. The van der Waals surface area contributed by atoms with E-state index in [1.807, 2.05) is 13.8 Å². The minimum absolute atomic E-state index is 0.190. The highest BCUT2D eigenvalue weighted by molar-refractivity contribution is 5.93. The third kappa shape index (κ3) is 2.72. The summed E-state index contributed by atoms with van der Waals surface area (Å²) in [4.78, 5) is 17.1. The Hall–Kier alpha value is -1.10. The molecule has 0 fully saturated rings. The van der Waals surface area contributed by atoms with E-state index < -0.39 is 11.6 Å². The first-order valence-corrected chi connectivity index (χ1v) is 5.67. The van der Waals surface area contributed by atoms with E-state index in [0.717, 1.165) is 12.1 Å². The van der Waals surface area contributed by atoms with Gasteiger partial charge in [0, 0.05) is 13.0 Å². The highest BCUT2D eigenvalue weighted by Gasteiger charge is 2.48. The summed E-state index contributed by atoms with van der Waals surface area (Å²) in [7, 11) is 0. The largest absolute Gasteiger partial charge is 0.463 e. The van der Waals surface area contributed by atoms with Gasteiger partial charge in [0.15, 0.2) is 0 Å². The molecule has 1 aliphatic heterocycles. The number of hydrogen-bond acceptors (Lipinski definition) is 5. The summed E-state index contributed by atoms with van der Waals surface area (Å²) in [6.45, 7) is 6.67. The SMILES string of the molecule is CCOCC1(C(=O)OCC)CC(CC)=NO1. The zero-order valence-electron chi connectivity index (χ0n) is 10.1. The first-order valence-electron chi connectivity index (χ1n) is 5.67. The van der Waals surface area contributed by atoms with Gasteiger partial charge < -0.3 is 14.3 Å². The molecular weight excluding hydrogens is 210 g/mol. The van der Waals surface area contributed by atoms with E-state index >= 15 is 0 Å². The lowest BCUT2D eigenvalue weighted by molar-refractivity contribution is -0.176. The zero-order valence-corrected chi connectivity index (χ0v) is 10.1. The molecule has 1 atom stereocenters. The molecule has 0 amide bonds. The van der Waals surface area contributed by atoms with Gasteiger partial charge in [-0.15, -0.1) is 0 Å². The first kappa shape index (κ1) is 13.0. The highest BCUT2D eigenvalue weighted by atomic mass is 16.7. The maximum atomic E-state index is 11.8. The van der Waals surface area contributed by atoms with Crippen LogP contribution in [-0.4, -0.2) is 37.1 Å². The first-order chi connectivity index (χ1) is 7.68. The molecule has 5 heteroatoms. The van der Waals surface area contributed by atoms with Crippen molar-refractivity contribution in [2.75, 3.05) is 19.8 Å². The van der Waals surface area contributed by atoms with Crippen molar-refractivity contribution in [2.24, 2.45) is 5.16 Å². The fourth-order valence-electron chi connectivity index (χ4n) is 1.51. The van der Waals surface area contributed by atoms with Crippen molar-refractivity contribution in [3.63, 3.8) is 0 Å². The standard InChI is InChI=1S/C11H19NO4/c1-4-9-7-11(16-12-9,8-14-5-2)10(13)15-6-3/h4-8H2,1-3H3. The van der Waals surface area contributed by atoms with Gasteiger partial charge in [-0.3, -0.25) is 0 Å². The van der Waals surface area contributed by atoms with Crippen molar-refractivity contribution in [1.82, 2.24) is 0 Å². The topological polar surface area (TPSA) is 57.1 Å². The number of nitrogens with zero attached hydrogens (tertiary/aromatic N) is 1. The predicted molar refractivity (Wildman–Crippen MR) is 59.3 cm³/mol. The number of carbonyl (C=O) groups is 1. The molecule has 1 heterocycles. The summed E-state index contributed by atoms with van der Waals surface area (Å²) in [5.41, 5.74) is -0.190. The van der Waals surface area contributed by atoms with Crippen molar-refractivity contribution >= 4 is 11.7 Å². The van der Waals surface area contributed by atoms with Crippen LogP contribution in [0.2, 0.25) is 0 Å². The normalized spacial score (nSPS) is 23.8. The number of rotatable bonds is 6. The van der Waals surface area contributed by atoms with Crippen LogP contribution in [0.5, 0.6) is 0 Å². The molecule has 0 spiro atoms. The van der Waals surface area contributed by atoms with Gasteiger partial charge in [-0.05, 0) is 20.3 Å². The molecule has 0 aromatic carbocycles. The summed E-state index contributed by atoms with van der Waals surface area (Å²) >= 11 is 0. The van der Waals surface area contributed by atoms with Crippen LogP contribution in [0.3, 0.4) is 0 Å². The Bertz CT molecular complexity index is 277. The molecule has 0 aromatic heterocycles. The molecule has 0 bridgehead atoms. The average Bonchev–Trinajstić information content (AvgIpc) is 2.72. The predicted octanol–water partition coefficient (Wildman–Crippen LogP) is 1.51. The quantitative estimate of drug-likeness (QED) is 0.648. The average molecular weight is 229 g/mol. The number of oxime groups is 1. The fraction of sp³-hybridized carbons (Fsp3) is 0.818. The fourth-order valence-corrected chi connectivity index (χ4v) is 1.51. The summed E-state index contributed by atoms with van der Waals surface area (Å²) < 4.78 is 10.3. The van der Waals surface area contributed by atoms with Crippen LogP contribution in [0.4, 0.5) is 0 Å². The van der Waals surface area contributed by atoms with Crippen LogP contribution >= 0.6 is 0 Å². The van der Waals surface area contributed by atoms with E-state index in [-0.39, 0.29) is 6.61 Å². The van der Waals surface area contributed by atoms with E-state index in [4.69, 9.17) is 14.3 Å². The van der Waals surface area contributed by atoms with Gasteiger partial charge in [0.1, 0.15) is 6.61 Å². The Kier molecular flexibility index (Phi) is 4.73. The summed E-state index contributed by atoms with van der Waals surface area (Å²) in [6, 6.07) is 0. The minimum Gasteiger partial charge on any atom is -0.463 e. The van der Waals surface area contributed by atoms with E-state index in [2.05, 4.69) is 5.16 Å². The number of ether oxygens (including phenoxy) is 2. The van der Waals surface area contributed by atoms with Crippen LogP contribution in [0.1, 0.15) is 33.6 Å². The number of carbonyl (C=O) groups excluding carboxylic acids is 1. The Labute approximate surface area is 95.7 Å². The molecule has 1 aliphatic rings. The van der Waals surface area contributed by atoms with E-state index in [0.29, 0.717) is 19.6 Å². The highest BCUT2D eigenvalue weighted by Crippen LogP contribution is 2.27. The van der Waals surface area contributed by atoms with E-state index in [1.165, 1.54) is 0 Å². The Morgan fingerprint density at radius 2 is 2.19 bits per heavy atom. The summed E-state index contributed by atoms with van der Waals surface area (Å²) in [5, 5.41) is 3.90. The smallest absolute Gasteiger partial charge is 0.356 e. The Balaban J connectivity index is 2.68. The molecule has 16 heavy (non-hydrogen) atoms. The molecule has 0 saturated carbocycles. The maximum absolute atomic E-state index is 11.8. The van der Waals surface area contributed by atoms with Crippen molar-refractivity contribution in [1.29, 1.82) is 0 Å². The third-order valence-electron chi connectivity index (χ3n) is 2.43. The van der Waals surface area contributed by atoms with Crippen LogP contribution in [0, 0.1) is 0 Å². The van der Waals surface area contributed by atoms with Gasteiger partial charge in [0.25, 0.3) is 5.60 Å². The number of esters is 1. The van der Waals surface area contributed by atoms with Crippen LogP contribution < -0.4 is 0 Å². The van der Waals surface area contributed by atoms with Crippen molar-refractivity contribution in [3.8, 4) is 0 Å². The monoisotopic (exact) mass is 229 g/mol. The lowest BCUT2D eigenvalue weighted by atomic mass is 9.97. The van der Waals surface area contributed by atoms with Gasteiger partial charge in [-0.25, -0.2) is 4.79 Å². The molecule has 0 aromatic rings. The van der Waals surface area contributed by atoms with Gasteiger partial charge >= 0.3 is 5.97 Å². The van der Waals surface area contributed by atoms with Gasteiger partial charge in [0.2, 0.25) is 0 Å². The molecule has 92 valence electrons. The molecule has 0 N–H and O–H groups in total. The van der Waals surface area contributed by atoms with Crippen LogP contribution in [-0.2, 0) is 19.1 Å². The third-order valence-corrected chi connectivity index (χ3v) is 2.43. The van der Waals surface area contributed by atoms with Crippen molar-refractivity contribution < 1.29 is 19.1 Å². The molecule has 5 nitrogen and oxygen atoms in total. The molecular formula is C11H19NO4. The zero-order chi connectivity index (χ0) is 12.0. The van der Waals surface area contributed by atoms with Crippen molar-refractivity contribution in [2.45, 2.75) is 39.2 Å². The second kappa shape index (κ2) is 5.84. The Morgan fingerprint density at radius 3 is 2.69 bits per heavy atom. The van der Waals surface area contributed by atoms with Crippen LogP contribution in [0.15, 0.2) is 5.16 Å². The molecule has 0 radical (unpaired) electrons. The van der Waals surface area contributed by atoms with Gasteiger partial charge in [-0.2, -0.15) is 0 Å². The van der Waals surface area contributed by atoms with Crippen LogP contribution in [0.25, 0.3) is 0 Å². The van der Waals surface area contributed by atoms with E-state index in [1.54, 1.807) is 6.92 Å². The second-order valence-electron chi connectivity index (χ2n) is 3.63. The van der Waals surface area contributed by atoms with Gasteiger partial charge in [-0.1, -0.05) is 12.1 Å². The number of hydrogen-bond donors (Lipinski definition) is 0. The lowest BCUT2D eigenvalue weighted by Crippen LogP contribution is -2.45. The lowest BCUT2D eigenvalue weighted by Gasteiger charge is -2.23. The molecule has 1 unspecified atom stereocenters. The van der Waals surface area contributed by atoms with Crippen molar-refractivity contribution in [3.05, 3.63) is 0 Å². The summed E-state index contributed by atoms with van der Waals surface area (Å²) in [5.74, 6) is -0.393.